The van der Waals surface area contributed by atoms with Gasteiger partial charge in [-0.05, 0) is 18.2 Å². The molecule has 3 aromatic heterocycles. The number of fused-ring (bicyclic) bond motifs is 1. The number of H-pyrrole nitrogens is 1. The standard InChI is InChI=1S/C17H12N6O6/c24-9-4-5-11(18-8-9)16-19-13(29-21-16)6-7-14(25)22-15-10(17(26)20-22)2-1-3-12(15)23(27)28/h1-5,8,24H,6-7H2,(H,20,26). The van der Waals surface area contributed by atoms with Gasteiger partial charge in [-0.25, -0.2) is 9.67 Å². The highest BCUT2D eigenvalue weighted by Crippen LogP contribution is 2.23. The first-order valence-electron chi connectivity index (χ1n) is 8.33. The van der Waals surface area contributed by atoms with Crippen LogP contribution in [-0.2, 0) is 6.42 Å². The predicted octanol–water partition coefficient (Wildman–Crippen LogP) is 1.66. The third-order valence-corrected chi connectivity index (χ3v) is 4.14. The van der Waals surface area contributed by atoms with E-state index in [1.807, 2.05) is 0 Å². The number of aryl methyl sites for hydroxylation is 1. The summed E-state index contributed by atoms with van der Waals surface area (Å²) in [5.74, 6) is -0.251. The highest BCUT2D eigenvalue weighted by atomic mass is 16.6. The van der Waals surface area contributed by atoms with Crippen molar-refractivity contribution in [2.24, 2.45) is 0 Å². The van der Waals surface area contributed by atoms with Crippen LogP contribution in [0.15, 0.2) is 45.8 Å². The molecule has 0 unspecified atom stereocenters. The maximum Gasteiger partial charge on any atom is 0.295 e. The lowest BCUT2D eigenvalue weighted by molar-refractivity contribution is -0.383. The third kappa shape index (κ3) is 3.34. The second-order valence-corrected chi connectivity index (χ2v) is 6.01. The van der Waals surface area contributed by atoms with Crippen molar-refractivity contribution < 1.29 is 19.3 Å². The summed E-state index contributed by atoms with van der Waals surface area (Å²) in [4.78, 5) is 43.3. The van der Waals surface area contributed by atoms with E-state index in [9.17, 15) is 24.8 Å². The van der Waals surface area contributed by atoms with Crippen LogP contribution in [0.2, 0.25) is 0 Å². The van der Waals surface area contributed by atoms with E-state index in [4.69, 9.17) is 4.52 Å². The summed E-state index contributed by atoms with van der Waals surface area (Å²) in [5, 5.41) is 26.6. The third-order valence-electron chi connectivity index (χ3n) is 4.14. The maximum absolute atomic E-state index is 12.6. The first-order valence-corrected chi connectivity index (χ1v) is 8.33. The van der Waals surface area contributed by atoms with Crippen LogP contribution in [0.3, 0.4) is 0 Å². The largest absolute Gasteiger partial charge is 0.506 e. The summed E-state index contributed by atoms with van der Waals surface area (Å²) in [6.45, 7) is 0. The molecule has 4 aromatic rings. The lowest BCUT2D eigenvalue weighted by Crippen LogP contribution is -2.16. The fraction of sp³-hybridized carbons (Fsp3) is 0.118. The summed E-state index contributed by atoms with van der Waals surface area (Å²) in [6.07, 6.45) is 1.14. The summed E-state index contributed by atoms with van der Waals surface area (Å²) in [7, 11) is 0. The first kappa shape index (κ1) is 18.0. The molecule has 0 amide bonds. The molecule has 0 aliphatic rings. The first-order chi connectivity index (χ1) is 13.9. The van der Waals surface area contributed by atoms with Crippen LogP contribution in [0.25, 0.3) is 22.4 Å². The normalized spacial score (nSPS) is 11.0. The van der Waals surface area contributed by atoms with Crippen LogP contribution in [0.1, 0.15) is 17.1 Å². The summed E-state index contributed by atoms with van der Waals surface area (Å²) < 4.78 is 5.95. The Hall–Kier alpha value is -4.35. The van der Waals surface area contributed by atoms with Gasteiger partial charge in [0.25, 0.3) is 11.2 Å². The lowest BCUT2D eigenvalue weighted by Gasteiger charge is -2.02. The van der Waals surface area contributed by atoms with E-state index in [1.165, 1.54) is 36.5 Å². The SMILES string of the molecule is O=C(CCc1nc(-c2ccc(O)cn2)no1)n1[nH]c(=O)c2cccc([N+](=O)[O-])c21. The molecule has 0 saturated heterocycles. The minimum absolute atomic E-state index is 0.00917. The van der Waals surface area contributed by atoms with Crippen LogP contribution >= 0.6 is 0 Å². The number of non-ortho nitro benzene ring substituents is 1. The van der Waals surface area contributed by atoms with Gasteiger partial charge >= 0.3 is 0 Å². The van der Waals surface area contributed by atoms with Gasteiger partial charge in [-0.15, -0.1) is 0 Å². The van der Waals surface area contributed by atoms with Crippen LogP contribution in [0, 0.1) is 10.1 Å². The summed E-state index contributed by atoms with van der Waals surface area (Å²) >= 11 is 0. The number of aromatic hydroxyl groups is 1. The fourth-order valence-electron chi connectivity index (χ4n) is 2.81. The van der Waals surface area contributed by atoms with Crippen molar-refractivity contribution in [3.63, 3.8) is 0 Å². The number of hydrogen-bond donors (Lipinski definition) is 2. The average Bonchev–Trinajstić information content (AvgIpc) is 3.31. The molecule has 146 valence electrons. The number of carbonyl (C=O) groups is 1. The second kappa shape index (κ2) is 6.99. The number of nitro benzene ring substituents is 1. The molecule has 0 aliphatic carbocycles. The number of aromatic amines is 1. The van der Waals surface area contributed by atoms with Crippen molar-refractivity contribution in [3.8, 4) is 17.3 Å². The number of rotatable bonds is 5. The van der Waals surface area contributed by atoms with E-state index in [1.54, 1.807) is 0 Å². The molecule has 0 radical (unpaired) electrons. The molecular weight excluding hydrogens is 384 g/mol. The number of para-hydroxylation sites is 1. The van der Waals surface area contributed by atoms with Crippen molar-refractivity contribution in [1.82, 2.24) is 24.9 Å². The average molecular weight is 396 g/mol. The Morgan fingerprint density at radius 2 is 2.14 bits per heavy atom. The fourth-order valence-corrected chi connectivity index (χ4v) is 2.81. The zero-order chi connectivity index (χ0) is 20.5. The molecule has 0 spiro atoms. The Morgan fingerprint density at radius 3 is 2.86 bits per heavy atom. The van der Waals surface area contributed by atoms with E-state index in [0.717, 1.165) is 4.68 Å². The van der Waals surface area contributed by atoms with E-state index in [0.29, 0.717) is 5.69 Å². The molecule has 0 fully saturated rings. The summed E-state index contributed by atoms with van der Waals surface area (Å²) in [6, 6.07) is 6.92. The van der Waals surface area contributed by atoms with Crippen LogP contribution < -0.4 is 5.56 Å². The number of aromatic nitrogens is 5. The molecule has 0 aliphatic heterocycles. The number of nitrogens with one attached hydrogen (secondary N) is 1. The minimum Gasteiger partial charge on any atom is -0.506 e. The monoisotopic (exact) mass is 396 g/mol. The zero-order valence-corrected chi connectivity index (χ0v) is 14.6. The van der Waals surface area contributed by atoms with Gasteiger partial charge < -0.3 is 9.63 Å². The number of hydrogen-bond acceptors (Lipinski definition) is 9. The van der Waals surface area contributed by atoms with Gasteiger partial charge in [-0.1, -0.05) is 11.2 Å². The van der Waals surface area contributed by atoms with Crippen molar-refractivity contribution in [1.29, 1.82) is 0 Å². The van der Waals surface area contributed by atoms with Gasteiger partial charge in [-0.3, -0.25) is 24.8 Å². The van der Waals surface area contributed by atoms with Crippen molar-refractivity contribution >= 4 is 22.5 Å². The Bertz CT molecular complexity index is 1290. The van der Waals surface area contributed by atoms with Crippen LogP contribution in [0.5, 0.6) is 5.75 Å². The Labute approximate surface area is 160 Å². The van der Waals surface area contributed by atoms with Crippen molar-refractivity contribution in [2.45, 2.75) is 12.8 Å². The molecule has 0 bridgehead atoms. The van der Waals surface area contributed by atoms with E-state index in [2.05, 4.69) is 20.2 Å². The number of benzene rings is 1. The Morgan fingerprint density at radius 1 is 1.31 bits per heavy atom. The van der Waals surface area contributed by atoms with E-state index < -0.39 is 16.4 Å². The molecular formula is C17H12N6O6. The number of nitrogens with zero attached hydrogens (tertiary/aromatic N) is 5. The molecule has 2 N–H and O–H groups in total. The molecule has 12 nitrogen and oxygen atoms in total. The van der Waals surface area contributed by atoms with Gasteiger partial charge in [0.1, 0.15) is 11.4 Å². The molecule has 1 aromatic carbocycles. The van der Waals surface area contributed by atoms with Gasteiger partial charge in [-0.2, -0.15) is 4.98 Å². The van der Waals surface area contributed by atoms with Gasteiger partial charge in [0, 0.05) is 18.9 Å². The highest BCUT2D eigenvalue weighted by Gasteiger charge is 2.22. The van der Waals surface area contributed by atoms with E-state index in [-0.39, 0.29) is 46.9 Å². The molecule has 0 saturated carbocycles. The molecule has 0 atom stereocenters. The molecule has 4 rings (SSSR count). The van der Waals surface area contributed by atoms with Crippen LogP contribution in [-0.4, -0.2) is 40.8 Å². The minimum atomic E-state index is -0.658. The van der Waals surface area contributed by atoms with Gasteiger partial charge in [0.15, 0.2) is 5.52 Å². The van der Waals surface area contributed by atoms with Gasteiger partial charge in [0.05, 0.1) is 16.5 Å². The predicted molar refractivity (Wildman–Crippen MR) is 97.4 cm³/mol. The van der Waals surface area contributed by atoms with Crippen molar-refractivity contribution in [2.75, 3.05) is 0 Å². The second-order valence-electron chi connectivity index (χ2n) is 6.01. The summed E-state index contributed by atoms with van der Waals surface area (Å²) in [5.41, 5.74) is -0.671. The number of nitro groups is 1. The highest BCUT2D eigenvalue weighted by molar-refractivity contribution is 5.95. The quantitative estimate of drug-likeness (QED) is 0.376. The number of carbonyl (C=O) groups excluding carboxylic acids is 1. The number of pyridine rings is 1. The Kier molecular flexibility index (Phi) is 4.35. The zero-order valence-electron chi connectivity index (χ0n) is 14.6. The van der Waals surface area contributed by atoms with Crippen molar-refractivity contribution in [3.05, 3.63) is 62.9 Å². The molecule has 3 heterocycles. The van der Waals surface area contributed by atoms with Crippen LogP contribution in [0.4, 0.5) is 5.69 Å². The lowest BCUT2D eigenvalue weighted by atomic mass is 10.2. The van der Waals surface area contributed by atoms with Gasteiger partial charge in [0.2, 0.25) is 17.6 Å². The maximum atomic E-state index is 12.6. The molecule has 29 heavy (non-hydrogen) atoms. The topological polar surface area (TPSA) is 170 Å². The Balaban J connectivity index is 1.56. The smallest absolute Gasteiger partial charge is 0.295 e. The molecule has 12 heteroatoms. The van der Waals surface area contributed by atoms with E-state index >= 15 is 0 Å².